The summed E-state index contributed by atoms with van der Waals surface area (Å²) in [6.45, 7) is 0. The minimum Gasteiger partial charge on any atom is -0.496 e. The molecule has 0 N–H and O–H groups in total. The number of halogens is 4. The van der Waals surface area contributed by atoms with Crippen molar-refractivity contribution < 1.29 is 17.9 Å². The zero-order valence-corrected chi connectivity index (χ0v) is 10.5. The summed E-state index contributed by atoms with van der Waals surface area (Å²) in [5.41, 5.74) is -0.613. The Bertz CT molecular complexity index is 602. The number of ether oxygens (including phenoxy) is 1. The van der Waals surface area contributed by atoms with Gasteiger partial charge in [0, 0.05) is 5.56 Å². The van der Waals surface area contributed by atoms with Crippen molar-refractivity contribution in [3.8, 4) is 17.0 Å². The molecule has 3 nitrogen and oxygen atoms in total. The van der Waals surface area contributed by atoms with Crippen LogP contribution in [0.5, 0.6) is 5.75 Å². The lowest BCUT2D eigenvalue weighted by Gasteiger charge is -2.10. The third-order valence-corrected chi connectivity index (χ3v) is 2.54. The molecular weight excluding hydrogens is 281 g/mol. The van der Waals surface area contributed by atoms with Gasteiger partial charge in [0.2, 0.25) is 5.28 Å². The zero-order valence-electron chi connectivity index (χ0n) is 9.70. The Balaban J connectivity index is 2.60. The van der Waals surface area contributed by atoms with Crippen molar-refractivity contribution in [1.29, 1.82) is 0 Å². The van der Waals surface area contributed by atoms with Crippen molar-refractivity contribution in [3.05, 3.63) is 41.3 Å². The molecule has 0 unspecified atom stereocenters. The molecule has 100 valence electrons. The number of hydrogen-bond acceptors (Lipinski definition) is 3. The maximum Gasteiger partial charge on any atom is 0.433 e. The monoisotopic (exact) mass is 288 g/mol. The highest BCUT2D eigenvalue weighted by molar-refractivity contribution is 6.28. The summed E-state index contributed by atoms with van der Waals surface area (Å²) in [4.78, 5) is 6.98. The van der Waals surface area contributed by atoms with Crippen molar-refractivity contribution >= 4 is 11.6 Å². The van der Waals surface area contributed by atoms with Gasteiger partial charge in [-0.15, -0.1) is 0 Å². The first-order chi connectivity index (χ1) is 8.91. The Hall–Kier alpha value is -1.82. The minimum atomic E-state index is -4.58. The molecule has 0 saturated heterocycles. The molecule has 0 bridgehead atoms. The van der Waals surface area contributed by atoms with E-state index in [0.29, 0.717) is 11.3 Å². The fraction of sp³-hybridized carbons (Fsp3) is 0.167. The molecule has 1 heterocycles. The lowest BCUT2D eigenvalue weighted by atomic mass is 10.1. The van der Waals surface area contributed by atoms with Gasteiger partial charge in [-0.25, -0.2) is 9.97 Å². The molecule has 0 saturated carbocycles. The van der Waals surface area contributed by atoms with Gasteiger partial charge in [0.1, 0.15) is 11.4 Å². The van der Waals surface area contributed by atoms with Gasteiger partial charge in [0.05, 0.1) is 12.8 Å². The van der Waals surface area contributed by atoms with E-state index in [9.17, 15) is 13.2 Å². The second-order valence-corrected chi connectivity index (χ2v) is 3.94. The van der Waals surface area contributed by atoms with Crippen LogP contribution in [0.2, 0.25) is 5.28 Å². The number of alkyl halides is 3. The highest BCUT2D eigenvalue weighted by Crippen LogP contribution is 2.33. The predicted octanol–water partition coefficient (Wildman–Crippen LogP) is 3.82. The van der Waals surface area contributed by atoms with Crippen LogP contribution >= 0.6 is 11.6 Å². The lowest BCUT2D eigenvalue weighted by Crippen LogP contribution is -2.09. The average Bonchev–Trinajstić information content (AvgIpc) is 2.37. The average molecular weight is 289 g/mol. The largest absolute Gasteiger partial charge is 0.496 e. The third kappa shape index (κ3) is 2.96. The van der Waals surface area contributed by atoms with Crippen LogP contribution in [0.15, 0.2) is 30.3 Å². The van der Waals surface area contributed by atoms with E-state index >= 15 is 0 Å². The number of aromatic nitrogens is 2. The molecule has 0 aliphatic carbocycles. The van der Waals surface area contributed by atoms with E-state index in [4.69, 9.17) is 16.3 Å². The highest BCUT2D eigenvalue weighted by atomic mass is 35.5. The van der Waals surface area contributed by atoms with Crippen LogP contribution in [0.1, 0.15) is 5.69 Å². The van der Waals surface area contributed by atoms with Crippen molar-refractivity contribution in [2.75, 3.05) is 7.11 Å². The van der Waals surface area contributed by atoms with Crippen molar-refractivity contribution in [3.63, 3.8) is 0 Å². The van der Waals surface area contributed by atoms with E-state index in [-0.39, 0.29) is 5.69 Å². The van der Waals surface area contributed by atoms with Gasteiger partial charge < -0.3 is 4.74 Å². The van der Waals surface area contributed by atoms with Crippen molar-refractivity contribution in [2.45, 2.75) is 6.18 Å². The standard InChI is InChI=1S/C12H8ClF3N2O/c1-19-9-5-3-2-4-7(9)8-6-10(12(14,15)16)18-11(13)17-8/h2-6H,1H3. The summed E-state index contributed by atoms with van der Waals surface area (Å²) >= 11 is 5.54. The molecule has 0 radical (unpaired) electrons. The van der Waals surface area contributed by atoms with Crippen LogP contribution in [-0.2, 0) is 6.18 Å². The van der Waals surface area contributed by atoms with E-state index in [1.54, 1.807) is 24.3 Å². The Morgan fingerprint density at radius 3 is 2.47 bits per heavy atom. The lowest BCUT2D eigenvalue weighted by molar-refractivity contribution is -0.141. The Labute approximate surface area is 112 Å². The first-order valence-corrected chi connectivity index (χ1v) is 5.55. The Morgan fingerprint density at radius 2 is 1.84 bits per heavy atom. The van der Waals surface area contributed by atoms with Crippen LogP contribution in [-0.4, -0.2) is 17.1 Å². The van der Waals surface area contributed by atoms with Gasteiger partial charge in [-0.05, 0) is 29.8 Å². The molecule has 0 spiro atoms. The predicted molar refractivity (Wildman–Crippen MR) is 64.0 cm³/mol. The molecule has 2 rings (SSSR count). The first-order valence-electron chi connectivity index (χ1n) is 5.17. The molecule has 0 aliphatic rings. The molecule has 1 aromatic carbocycles. The van der Waals surface area contributed by atoms with E-state index in [0.717, 1.165) is 6.07 Å². The third-order valence-electron chi connectivity index (χ3n) is 2.37. The number of benzene rings is 1. The van der Waals surface area contributed by atoms with Crippen LogP contribution < -0.4 is 4.74 Å². The smallest absolute Gasteiger partial charge is 0.433 e. The summed E-state index contributed by atoms with van der Waals surface area (Å²) in [5, 5.41) is -0.462. The van der Waals surface area contributed by atoms with Gasteiger partial charge >= 0.3 is 6.18 Å². The number of hydrogen-bond donors (Lipinski definition) is 0. The molecule has 19 heavy (non-hydrogen) atoms. The van der Waals surface area contributed by atoms with Gasteiger partial charge in [-0.2, -0.15) is 13.2 Å². The maximum absolute atomic E-state index is 12.7. The van der Waals surface area contributed by atoms with E-state index < -0.39 is 17.2 Å². The fourth-order valence-corrected chi connectivity index (χ4v) is 1.74. The van der Waals surface area contributed by atoms with Crippen LogP contribution in [0.25, 0.3) is 11.3 Å². The summed E-state index contributed by atoms with van der Waals surface area (Å²) in [5.74, 6) is 0.408. The Morgan fingerprint density at radius 1 is 1.16 bits per heavy atom. The molecule has 1 aromatic heterocycles. The number of para-hydroxylation sites is 1. The fourth-order valence-electron chi connectivity index (χ4n) is 1.56. The highest BCUT2D eigenvalue weighted by Gasteiger charge is 2.33. The molecule has 2 aromatic rings. The number of methoxy groups -OCH3 is 1. The van der Waals surface area contributed by atoms with Crippen LogP contribution in [0, 0.1) is 0 Å². The van der Waals surface area contributed by atoms with Gasteiger partial charge in [0.15, 0.2) is 0 Å². The molecular formula is C12H8ClF3N2O. The van der Waals surface area contributed by atoms with Gasteiger partial charge in [0.25, 0.3) is 0 Å². The molecule has 0 fully saturated rings. The topological polar surface area (TPSA) is 35.0 Å². The number of nitrogens with zero attached hydrogens (tertiary/aromatic N) is 2. The molecule has 0 atom stereocenters. The summed E-state index contributed by atoms with van der Waals surface area (Å²) in [6.07, 6.45) is -4.58. The second kappa shape index (κ2) is 5.05. The quantitative estimate of drug-likeness (QED) is 0.788. The SMILES string of the molecule is COc1ccccc1-c1cc(C(F)(F)F)nc(Cl)n1. The van der Waals surface area contributed by atoms with Crippen molar-refractivity contribution in [1.82, 2.24) is 9.97 Å². The Kier molecular flexibility index (Phi) is 3.61. The molecule has 0 amide bonds. The van der Waals surface area contributed by atoms with Crippen LogP contribution in [0.3, 0.4) is 0 Å². The van der Waals surface area contributed by atoms with Gasteiger partial charge in [-0.1, -0.05) is 12.1 Å². The van der Waals surface area contributed by atoms with E-state index in [1.165, 1.54) is 7.11 Å². The van der Waals surface area contributed by atoms with E-state index in [1.807, 2.05) is 0 Å². The molecule has 7 heteroatoms. The normalized spacial score (nSPS) is 11.4. The van der Waals surface area contributed by atoms with E-state index in [2.05, 4.69) is 9.97 Å². The second-order valence-electron chi connectivity index (χ2n) is 3.61. The maximum atomic E-state index is 12.7. The summed E-state index contributed by atoms with van der Waals surface area (Å²) < 4.78 is 43.1. The van der Waals surface area contributed by atoms with Gasteiger partial charge in [-0.3, -0.25) is 0 Å². The summed E-state index contributed by atoms with van der Waals surface area (Å²) in [6, 6.07) is 7.43. The first kappa shape index (κ1) is 13.6. The van der Waals surface area contributed by atoms with Crippen LogP contribution in [0.4, 0.5) is 13.2 Å². The number of rotatable bonds is 2. The zero-order chi connectivity index (χ0) is 14.0. The van der Waals surface area contributed by atoms with Crippen molar-refractivity contribution in [2.24, 2.45) is 0 Å². The minimum absolute atomic E-state index is 0.0600. The molecule has 0 aliphatic heterocycles. The summed E-state index contributed by atoms with van der Waals surface area (Å²) in [7, 11) is 1.42.